The molecule has 0 saturated heterocycles. The standard InChI is InChI=1S/C13H21NO2S/c1-5-11-7-9-12(10-8-11)17(15,16)14-13(3,4)6-2/h7-10,14H,5-6H2,1-4H3. The van der Waals surface area contributed by atoms with Crippen LogP contribution >= 0.6 is 0 Å². The van der Waals surface area contributed by atoms with Crippen LogP contribution in [0.15, 0.2) is 29.2 Å². The SMILES string of the molecule is CCc1ccc(S(=O)(=O)NC(C)(C)CC)cc1. The zero-order valence-electron chi connectivity index (χ0n) is 10.9. The molecule has 3 nitrogen and oxygen atoms in total. The summed E-state index contributed by atoms with van der Waals surface area (Å²) >= 11 is 0. The summed E-state index contributed by atoms with van der Waals surface area (Å²) in [4.78, 5) is 0.330. The molecule has 1 aromatic rings. The predicted octanol–water partition coefficient (Wildman–Crippen LogP) is 2.72. The molecule has 0 spiro atoms. The van der Waals surface area contributed by atoms with Gasteiger partial charge in [0.25, 0.3) is 0 Å². The minimum atomic E-state index is -3.41. The fourth-order valence-corrected chi connectivity index (χ4v) is 2.88. The zero-order chi connectivity index (χ0) is 13.1. The van der Waals surface area contributed by atoms with Gasteiger partial charge in [-0.3, -0.25) is 0 Å². The number of benzene rings is 1. The average Bonchev–Trinajstić information content (AvgIpc) is 2.28. The van der Waals surface area contributed by atoms with Gasteiger partial charge in [-0.15, -0.1) is 0 Å². The van der Waals surface area contributed by atoms with Gasteiger partial charge in [-0.2, -0.15) is 0 Å². The minimum Gasteiger partial charge on any atom is -0.207 e. The first kappa shape index (κ1) is 14.2. The van der Waals surface area contributed by atoms with Crippen molar-refractivity contribution in [1.82, 2.24) is 4.72 Å². The molecule has 1 rings (SSSR count). The first-order valence-electron chi connectivity index (χ1n) is 5.93. The van der Waals surface area contributed by atoms with E-state index in [1.807, 2.05) is 39.8 Å². The van der Waals surface area contributed by atoms with Crippen molar-refractivity contribution in [3.63, 3.8) is 0 Å². The van der Waals surface area contributed by atoms with Crippen molar-refractivity contribution in [3.8, 4) is 0 Å². The van der Waals surface area contributed by atoms with Crippen molar-refractivity contribution in [2.75, 3.05) is 0 Å². The van der Waals surface area contributed by atoms with Crippen molar-refractivity contribution in [3.05, 3.63) is 29.8 Å². The van der Waals surface area contributed by atoms with Gasteiger partial charge in [0.05, 0.1) is 4.90 Å². The molecule has 17 heavy (non-hydrogen) atoms. The Balaban J connectivity index is 2.97. The molecule has 0 amide bonds. The molecule has 96 valence electrons. The van der Waals surface area contributed by atoms with Crippen LogP contribution in [0.5, 0.6) is 0 Å². The van der Waals surface area contributed by atoms with Crippen LogP contribution in [0.2, 0.25) is 0 Å². The van der Waals surface area contributed by atoms with Gasteiger partial charge in [0.15, 0.2) is 0 Å². The Labute approximate surface area is 104 Å². The van der Waals surface area contributed by atoms with Gasteiger partial charge < -0.3 is 0 Å². The smallest absolute Gasteiger partial charge is 0.207 e. The van der Waals surface area contributed by atoms with E-state index in [0.29, 0.717) is 4.90 Å². The Morgan fingerprint density at radius 3 is 2.06 bits per heavy atom. The number of hydrogen-bond donors (Lipinski definition) is 1. The lowest BCUT2D eigenvalue weighted by Gasteiger charge is -2.24. The second-order valence-electron chi connectivity index (χ2n) is 4.84. The monoisotopic (exact) mass is 255 g/mol. The highest BCUT2D eigenvalue weighted by Crippen LogP contribution is 2.16. The van der Waals surface area contributed by atoms with E-state index in [4.69, 9.17) is 0 Å². The normalized spacial score (nSPS) is 12.7. The van der Waals surface area contributed by atoms with Gasteiger partial charge in [-0.25, -0.2) is 13.1 Å². The fraction of sp³-hybridized carbons (Fsp3) is 0.538. The molecule has 0 saturated carbocycles. The summed E-state index contributed by atoms with van der Waals surface area (Å²) in [5.41, 5.74) is 0.723. The first-order valence-corrected chi connectivity index (χ1v) is 7.42. The Morgan fingerprint density at radius 1 is 1.12 bits per heavy atom. The van der Waals surface area contributed by atoms with Crippen molar-refractivity contribution < 1.29 is 8.42 Å². The van der Waals surface area contributed by atoms with Crippen LogP contribution in [0, 0.1) is 0 Å². The highest BCUT2D eigenvalue weighted by molar-refractivity contribution is 7.89. The van der Waals surface area contributed by atoms with Gasteiger partial charge in [0.2, 0.25) is 10.0 Å². The summed E-state index contributed by atoms with van der Waals surface area (Å²) < 4.78 is 26.9. The number of aryl methyl sites for hydroxylation is 1. The molecule has 0 heterocycles. The summed E-state index contributed by atoms with van der Waals surface area (Å²) in [6.45, 7) is 7.76. The molecular weight excluding hydrogens is 234 g/mol. The van der Waals surface area contributed by atoms with Crippen molar-refractivity contribution in [2.45, 2.75) is 51.0 Å². The lowest BCUT2D eigenvalue weighted by molar-refractivity contribution is 0.439. The molecule has 0 atom stereocenters. The maximum atomic E-state index is 12.1. The van der Waals surface area contributed by atoms with Crippen molar-refractivity contribution in [1.29, 1.82) is 0 Å². The van der Waals surface area contributed by atoms with Gasteiger partial charge in [-0.05, 0) is 44.4 Å². The van der Waals surface area contributed by atoms with Gasteiger partial charge in [0, 0.05) is 5.54 Å². The Hall–Kier alpha value is -0.870. The number of hydrogen-bond acceptors (Lipinski definition) is 2. The van der Waals surface area contributed by atoms with Gasteiger partial charge >= 0.3 is 0 Å². The lowest BCUT2D eigenvalue weighted by Crippen LogP contribution is -2.42. The van der Waals surface area contributed by atoms with Gasteiger partial charge in [-0.1, -0.05) is 26.0 Å². The second-order valence-corrected chi connectivity index (χ2v) is 6.52. The third-order valence-electron chi connectivity index (χ3n) is 2.94. The Kier molecular flexibility index (Phi) is 4.33. The molecule has 0 aliphatic rings. The van der Waals surface area contributed by atoms with E-state index >= 15 is 0 Å². The fourth-order valence-electron chi connectivity index (χ4n) is 1.40. The molecule has 0 aliphatic carbocycles. The average molecular weight is 255 g/mol. The van der Waals surface area contributed by atoms with Crippen LogP contribution in [0.25, 0.3) is 0 Å². The van der Waals surface area contributed by atoms with E-state index in [-0.39, 0.29) is 0 Å². The quantitative estimate of drug-likeness (QED) is 0.879. The van der Waals surface area contributed by atoms with E-state index in [0.717, 1.165) is 18.4 Å². The molecule has 1 N–H and O–H groups in total. The molecule has 0 fully saturated rings. The largest absolute Gasteiger partial charge is 0.241 e. The van der Waals surface area contributed by atoms with E-state index < -0.39 is 15.6 Å². The summed E-state index contributed by atoms with van der Waals surface area (Å²) in [5.74, 6) is 0. The van der Waals surface area contributed by atoms with Crippen LogP contribution in [-0.4, -0.2) is 14.0 Å². The summed E-state index contributed by atoms with van der Waals surface area (Å²) in [5, 5.41) is 0. The number of sulfonamides is 1. The number of rotatable bonds is 5. The third-order valence-corrected chi connectivity index (χ3v) is 4.65. The maximum Gasteiger partial charge on any atom is 0.241 e. The Bertz CT molecular complexity index is 461. The molecule has 0 aromatic heterocycles. The Morgan fingerprint density at radius 2 is 1.65 bits per heavy atom. The minimum absolute atomic E-state index is 0.330. The zero-order valence-corrected chi connectivity index (χ0v) is 11.8. The molecule has 4 heteroatoms. The lowest BCUT2D eigenvalue weighted by atomic mass is 10.0. The molecule has 0 aliphatic heterocycles. The van der Waals surface area contributed by atoms with E-state index in [1.165, 1.54) is 0 Å². The topological polar surface area (TPSA) is 46.2 Å². The van der Waals surface area contributed by atoms with Crippen LogP contribution in [0.1, 0.15) is 39.7 Å². The second kappa shape index (κ2) is 5.19. The highest BCUT2D eigenvalue weighted by atomic mass is 32.2. The molecule has 0 radical (unpaired) electrons. The van der Waals surface area contributed by atoms with Crippen molar-refractivity contribution >= 4 is 10.0 Å². The van der Waals surface area contributed by atoms with Crippen molar-refractivity contribution in [2.24, 2.45) is 0 Å². The predicted molar refractivity (Wildman–Crippen MR) is 70.5 cm³/mol. The highest BCUT2D eigenvalue weighted by Gasteiger charge is 2.24. The molecule has 0 unspecified atom stereocenters. The first-order chi connectivity index (χ1) is 7.80. The molecule has 0 bridgehead atoms. The summed E-state index contributed by atoms with van der Waals surface area (Å²) in [6, 6.07) is 7.03. The molecule has 1 aromatic carbocycles. The maximum absolute atomic E-state index is 12.1. The van der Waals surface area contributed by atoms with Crippen LogP contribution in [0.3, 0.4) is 0 Å². The molecular formula is C13H21NO2S. The summed E-state index contributed by atoms with van der Waals surface area (Å²) in [6.07, 6.45) is 1.66. The van der Waals surface area contributed by atoms with Crippen LogP contribution in [-0.2, 0) is 16.4 Å². The van der Waals surface area contributed by atoms with E-state index in [2.05, 4.69) is 4.72 Å². The van der Waals surface area contributed by atoms with Crippen LogP contribution in [0.4, 0.5) is 0 Å². The van der Waals surface area contributed by atoms with E-state index in [1.54, 1.807) is 12.1 Å². The van der Waals surface area contributed by atoms with Crippen LogP contribution < -0.4 is 4.72 Å². The van der Waals surface area contributed by atoms with Gasteiger partial charge in [0.1, 0.15) is 0 Å². The third kappa shape index (κ3) is 3.82. The summed E-state index contributed by atoms with van der Waals surface area (Å²) in [7, 11) is -3.41. The number of nitrogens with one attached hydrogen (secondary N) is 1. The van der Waals surface area contributed by atoms with E-state index in [9.17, 15) is 8.42 Å².